The lowest BCUT2D eigenvalue weighted by molar-refractivity contribution is 0.456. The summed E-state index contributed by atoms with van der Waals surface area (Å²) in [4.78, 5) is 11.6. The van der Waals surface area contributed by atoms with Crippen LogP contribution >= 0.6 is 15.9 Å². The number of aromatic nitrogens is 1. The van der Waals surface area contributed by atoms with Gasteiger partial charge in [-0.15, -0.1) is 0 Å². The highest BCUT2D eigenvalue weighted by Gasteiger charge is 2.07. The molecule has 2 rings (SSSR count). The van der Waals surface area contributed by atoms with Gasteiger partial charge < -0.3 is 9.67 Å². The van der Waals surface area contributed by atoms with Gasteiger partial charge in [-0.25, -0.2) is 0 Å². The lowest BCUT2D eigenvalue weighted by Gasteiger charge is -2.12. The lowest BCUT2D eigenvalue weighted by atomic mass is 10.0. The Hall–Kier alpha value is -1.29. The average molecular weight is 296 g/mol. The van der Waals surface area contributed by atoms with E-state index in [0.717, 1.165) is 19.3 Å². The summed E-state index contributed by atoms with van der Waals surface area (Å²) in [5.41, 5.74) is 0.899. The van der Waals surface area contributed by atoms with Crippen molar-refractivity contribution in [2.75, 3.05) is 0 Å². The van der Waals surface area contributed by atoms with Gasteiger partial charge >= 0.3 is 0 Å². The highest BCUT2D eigenvalue weighted by Crippen LogP contribution is 2.26. The third-order valence-corrected chi connectivity index (χ3v) is 3.73. The standard InChI is InChI=1S/C13H14BrNO2/c14-11-5-2-1-4-10(11)7-9-15-8-3-6-12(16)13(15)17/h1,3-4,6,8,16H,2,5,7,9H2. The highest BCUT2D eigenvalue weighted by atomic mass is 79.9. The van der Waals surface area contributed by atoms with E-state index in [-0.39, 0.29) is 11.3 Å². The predicted octanol–water partition coefficient (Wildman–Crippen LogP) is 2.94. The fourth-order valence-electron chi connectivity index (χ4n) is 1.85. The van der Waals surface area contributed by atoms with Crippen LogP contribution in [0.4, 0.5) is 0 Å². The van der Waals surface area contributed by atoms with E-state index in [4.69, 9.17) is 0 Å². The summed E-state index contributed by atoms with van der Waals surface area (Å²) >= 11 is 3.55. The van der Waals surface area contributed by atoms with E-state index in [0.29, 0.717) is 6.54 Å². The maximum Gasteiger partial charge on any atom is 0.292 e. The monoisotopic (exact) mass is 295 g/mol. The molecule has 4 heteroatoms. The number of nitrogens with zero attached hydrogens (tertiary/aromatic N) is 1. The van der Waals surface area contributed by atoms with Crippen molar-refractivity contribution in [1.29, 1.82) is 0 Å². The molecule has 1 aromatic heterocycles. The fraction of sp³-hybridized carbons (Fsp3) is 0.308. The van der Waals surface area contributed by atoms with Crippen molar-refractivity contribution in [1.82, 2.24) is 4.57 Å². The summed E-state index contributed by atoms with van der Waals surface area (Å²) in [5, 5.41) is 9.32. The van der Waals surface area contributed by atoms with Crippen LogP contribution in [0.2, 0.25) is 0 Å². The zero-order chi connectivity index (χ0) is 12.3. The van der Waals surface area contributed by atoms with Crippen LogP contribution in [0.25, 0.3) is 0 Å². The van der Waals surface area contributed by atoms with Gasteiger partial charge in [0.05, 0.1) is 0 Å². The van der Waals surface area contributed by atoms with Crippen molar-refractivity contribution in [2.24, 2.45) is 0 Å². The molecule has 1 N–H and O–H groups in total. The van der Waals surface area contributed by atoms with Crippen LogP contribution < -0.4 is 5.56 Å². The Morgan fingerprint density at radius 1 is 1.47 bits per heavy atom. The average Bonchev–Trinajstić information content (AvgIpc) is 2.33. The molecular formula is C13H14BrNO2. The Labute approximate surface area is 108 Å². The Balaban J connectivity index is 2.10. The molecule has 1 aliphatic carbocycles. The van der Waals surface area contributed by atoms with Crippen molar-refractivity contribution >= 4 is 15.9 Å². The van der Waals surface area contributed by atoms with Crippen molar-refractivity contribution in [3.63, 3.8) is 0 Å². The summed E-state index contributed by atoms with van der Waals surface area (Å²) in [7, 11) is 0. The van der Waals surface area contributed by atoms with Crippen LogP contribution in [0.1, 0.15) is 19.3 Å². The SMILES string of the molecule is O=c1c(O)cccn1CCC1=C(Br)CCC=C1. The number of hydrogen-bond acceptors (Lipinski definition) is 2. The minimum Gasteiger partial charge on any atom is -0.503 e. The molecule has 3 nitrogen and oxygen atoms in total. The minimum atomic E-state index is -0.330. The number of hydrogen-bond donors (Lipinski definition) is 1. The first-order valence-corrected chi connectivity index (χ1v) is 6.40. The summed E-state index contributed by atoms with van der Waals surface area (Å²) in [6.07, 6.45) is 8.83. The molecule has 1 aromatic rings. The molecule has 0 unspecified atom stereocenters. The number of rotatable bonds is 3. The molecule has 90 valence electrons. The van der Waals surface area contributed by atoms with Gasteiger partial charge in [0.25, 0.3) is 5.56 Å². The van der Waals surface area contributed by atoms with Crippen LogP contribution in [-0.4, -0.2) is 9.67 Å². The third kappa shape index (κ3) is 2.88. The van der Waals surface area contributed by atoms with Crippen LogP contribution in [0.3, 0.4) is 0 Å². The second-order valence-electron chi connectivity index (χ2n) is 4.01. The Morgan fingerprint density at radius 3 is 3.06 bits per heavy atom. The normalized spacial score (nSPS) is 15.4. The topological polar surface area (TPSA) is 42.2 Å². The first-order valence-electron chi connectivity index (χ1n) is 5.61. The van der Waals surface area contributed by atoms with Gasteiger partial charge in [0.2, 0.25) is 0 Å². The van der Waals surface area contributed by atoms with E-state index in [1.807, 2.05) is 0 Å². The molecule has 0 saturated heterocycles. The molecule has 0 bridgehead atoms. The first kappa shape index (κ1) is 12.2. The lowest BCUT2D eigenvalue weighted by Crippen LogP contribution is -2.18. The number of pyridine rings is 1. The first-order chi connectivity index (χ1) is 8.18. The van der Waals surface area contributed by atoms with Gasteiger partial charge in [0.15, 0.2) is 5.75 Å². The molecule has 0 aromatic carbocycles. The van der Waals surface area contributed by atoms with Gasteiger partial charge in [-0.2, -0.15) is 0 Å². The van der Waals surface area contributed by atoms with Crippen molar-refractivity contribution in [3.05, 3.63) is 50.9 Å². The van der Waals surface area contributed by atoms with Crippen LogP contribution in [-0.2, 0) is 6.54 Å². The molecule has 0 saturated carbocycles. The maximum absolute atomic E-state index is 11.6. The zero-order valence-electron chi connectivity index (χ0n) is 9.40. The van der Waals surface area contributed by atoms with Gasteiger partial charge in [-0.1, -0.05) is 28.1 Å². The van der Waals surface area contributed by atoms with Crippen LogP contribution in [0, 0.1) is 0 Å². The molecule has 0 aliphatic heterocycles. The number of halogens is 1. The largest absolute Gasteiger partial charge is 0.503 e. The maximum atomic E-state index is 11.6. The van der Waals surface area contributed by atoms with E-state index < -0.39 is 0 Å². The molecular weight excluding hydrogens is 282 g/mol. The molecule has 0 radical (unpaired) electrons. The number of aromatic hydroxyl groups is 1. The van der Waals surface area contributed by atoms with Gasteiger partial charge in [-0.05, 0) is 41.5 Å². The summed E-state index contributed by atoms with van der Waals surface area (Å²) < 4.78 is 2.75. The molecule has 0 spiro atoms. The quantitative estimate of drug-likeness (QED) is 0.932. The highest BCUT2D eigenvalue weighted by molar-refractivity contribution is 9.11. The number of allylic oxidation sites excluding steroid dienone is 4. The van der Waals surface area contributed by atoms with Gasteiger partial charge in [-0.3, -0.25) is 4.79 Å². The molecule has 0 atom stereocenters. The fourth-order valence-corrected chi connectivity index (χ4v) is 2.41. The number of aryl methyl sites for hydroxylation is 1. The predicted molar refractivity (Wildman–Crippen MR) is 71.3 cm³/mol. The molecule has 1 heterocycles. The Kier molecular flexibility index (Phi) is 3.84. The van der Waals surface area contributed by atoms with E-state index in [9.17, 15) is 9.90 Å². The van der Waals surface area contributed by atoms with E-state index >= 15 is 0 Å². The third-order valence-electron chi connectivity index (χ3n) is 2.82. The Morgan fingerprint density at radius 2 is 2.29 bits per heavy atom. The van der Waals surface area contributed by atoms with Crippen LogP contribution in [0.5, 0.6) is 5.75 Å². The van der Waals surface area contributed by atoms with Crippen molar-refractivity contribution in [3.8, 4) is 5.75 Å². The molecule has 1 aliphatic rings. The van der Waals surface area contributed by atoms with Crippen molar-refractivity contribution in [2.45, 2.75) is 25.8 Å². The molecule has 17 heavy (non-hydrogen) atoms. The van der Waals surface area contributed by atoms with Crippen LogP contribution in [0.15, 0.2) is 45.3 Å². The smallest absolute Gasteiger partial charge is 0.292 e. The zero-order valence-corrected chi connectivity index (χ0v) is 11.0. The van der Waals surface area contributed by atoms with E-state index in [1.165, 1.54) is 20.7 Å². The molecule has 0 amide bonds. The van der Waals surface area contributed by atoms with Crippen molar-refractivity contribution < 1.29 is 5.11 Å². The molecule has 0 fully saturated rings. The summed E-state index contributed by atoms with van der Waals surface area (Å²) in [5.74, 6) is -0.195. The van der Waals surface area contributed by atoms with E-state index in [1.54, 1.807) is 12.3 Å². The second-order valence-corrected chi connectivity index (χ2v) is 4.97. The summed E-state index contributed by atoms with van der Waals surface area (Å²) in [6, 6.07) is 3.09. The summed E-state index contributed by atoms with van der Waals surface area (Å²) in [6.45, 7) is 0.585. The second kappa shape index (κ2) is 5.36. The Bertz CT molecular complexity index is 528. The van der Waals surface area contributed by atoms with E-state index in [2.05, 4.69) is 28.1 Å². The minimum absolute atomic E-state index is 0.195. The van der Waals surface area contributed by atoms with Gasteiger partial charge in [0, 0.05) is 12.7 Å². The van der Waals surface area contributed by atoms with Gasteiger partial charge in [0.1, 0.15) is 0 Å².